The van der Waals surface area contributed by atoms with E-state index in [0.717, 1.165) is 11.3 Å². The maximum absolute atomic E-state index is 10.5. The molecule has 2 aromatic rings. The zero-order valence-electron chi connectivity index (χ0n) is 10.3. The van der Waals surface area contributed by atoms with Crippen molar-refractivity contribution in [3.05, 3.63) is 64.5 Å². The molecule has 96 valence electrons. The summed E-state index contributed by atoms with van der Waals surface area (Å²) in [5.41, 5.74) is 5.29. The lowest BCUT2D eigenvalue weighted by molar-refractivity contribution is -0.384. The summed E-state index contributed by atoms with van der Waals surface area (Å²) in [4.78, 5) is 14.1. The van der Waals surface area contributed by atoms with Gasteiger partial charge in [-0.15, -0.1) is 0 Å². The summed E-state index contributed by atoms with van der Waals surface area (Å²) < 4.78 is 0. The van der Waals surface area contributed by atoms with Crippen LogP contribution in [-0.4, -0.2) is 15.6 Å². The Morgan fingerprint density at radius 3 is 2.63 bits per heavy atom. The molecule has 0 fully saturated rings. The van der Waals surface area contributed by atoms with Gasteiger partial charge in [0.25, 0.3) is 5.69 Å². The van der Waals surface area contributed by atoms with Gasteiger partial charge in [0.05, 0.1) is 16.3 Å². The van der Waals surface area contributed by atoms with Crippen LogP contribution >= 0.6 is 0 Å². The van der Waals surface area contributed by atoms with Crippen molar-refractivity contribution < 1.29 is 4.92 Å². The lowest BCUT2D eigenvalue weighted by Crippen LogP contribution is -2.00. The Labute approximate surface area is 110 Å². The molecule has 2 rings (SSSR count). The van der Waals surface area contributed by atoms with Crippen LogP contribution in [0.25, 0.3) is 0 Å². The van der Waals surface area contributed by atoms with Crippen LogP contribution in [0.5, 0.6) is 0 Å². The number of pyridine rings is 1. The fourth-order valence-corrected chi connectivity index (χ4v) is 1.45. The first-order valence-electron chi connectivity index (χ1n) is 5.62. The van der Waals surface area contributed by atoms with Crippen molar-refractivity contribution in [1.82, 2.24) is 4.98 Å². The number of hydrogen-bond donors (Lipinski definition) is 1. The molecule has 0 aliphatic heterocycles. The molecule has 0 spiro atoms. The Bertz CT molecular complexity index is 594. The molecule has 1 N–H and O–H groups in total. The molecule has 0 bridgehead atoms. The molecule has 0 saturated heterocycles. The number of nitro groups is 1. The topological polar surface area (TPSA) is 80.4 Å². The van der Waals surface area contributed by atoms with Gasteiger partial charge < -0.3 is 0 Å². The highest BCUT2D eigenvalue weighted by Gasteiger charge is 2.03. The molecule has 1 aromatic carbocycles. The second-order valence-electron chi connectivity index (χ2n) is 3.85. The number of nitrogens with one attached hydrogen (secondary N) is 1. The fourth-order valence-electron chi connectivity index (χ4n) is 1.45. The number of hydrazone groups is 1. The van der Waals surface area contributed by atoms with E-state index in [4.69, 9.17) is 0 Å². The van der Waals surface area contributed by atoms with Gasteiger partial charge in [-0.25, -0.2) is 0 Å². The normalized spacial score (nSPS) is 11.1. The van der Waals surface area contributed by atoms with Crippen LogP contribution in [-0.2, 0) is 0 Å². The predicted octanol–water partition coefficient (Wildman–Crippen LogP) is 2.83. The van der Waals surface area contributed by atoms with E-state index in [9.17, 15) is 10.1 Å². The largest absolute Gasteiger partial charge is 0.278 e. The minimum atomic E-state index is -0.437. The monoisotopic (exact) mass is 256 g/mol. The van der Waals surface area contributed by atoms with E-state index in [1.165, 1.54) is 12.1 Å². The number of benzene rings is 1. The van der Waals surface area contributed by atoms with E-state index in [2.05, 4.69) is 15.5 Å². The van der Waals surface area contributed by atoms with Crippen LogP contribution in [0.4, 0.5) is 11.4 Å². The third-order valence-electron chi connectivity index (χ3n) is 2.51. The Morgan fingerprint density at radius 1 is 1.32 bits per heavy atom. The molecule has 0 aliphatic rings. The number of nitrogens with zero attached hydrogens (tertiary/aromatic N) is 3. The van der Waals surface area contributed by atoms with Gasteiger partial charge in [-0.05, 0) is 25.1 Å². The van der Waals surface area contributed by atoms with Gasteiger partial charge in [-0.3, -0.25) is 20.5 Å². The number of non-ortho nitro benzene ring substituents is 1. The quantitative estimate of drug-likeness (QED) is 0.518. The summed E-state index contributed by atoms with van der Waals surface area (Å²) >= 11 is 0. The maximum Gasteiger partial charge on any atom is 0.269 e. The van der Waals surface area contributed by atoms with Crippen molar-refractivity contribution in [3.63, 3.8) is 0 Å². The number of anilines is 1. The van der Waals surface area contributed by atoms with Crippen LogP contribution < -0.4 is 5.43 Å². The van der Waals surface area contributed by atoms with Crippen molar-refractivity contribution in [2.24, 2.45) is 5.10 Å². The van der Waals surface area contributed by atoms with Gasteiger partial charge in [0, 0.05) is 30.1 Å². The summed E-state index contributed by atoms with van der Waals surface area (Å²) in [6.45, 7) is 1.86. The average Bonchev–Trinajstić information content (AvgIpc) is 2.46. The standard InChI is InChI=1S/C13H12N4O2/c1-10(11-3-2-8-14-9-11)15-16-12-4-6-13(7-5-12)17(18)19/h2-9,16H,1H3. The SMILES string of the molecule is CC(=NNc1ccc([N+](=O)[O-])cc1)c1cccnc1. The molecular formula is C13H12N4O2. The smallest absolute Gasteiger partial charge is 0.269 e. The number of nitro benzene ring substituents is 1. The molecule has 0 saturated carbocycles. The highest BCUT2D eigenvalue weighted by Crippen LogP contribution is 2.15. The molecule has 0 radical (unpaired) electrons. The van der Waals surface area contributed by atoms with Gasteiger partial charge in [0.2, 0.25) is 0 Å². The summed E-state index contributed by atoms with van der Waals surface area (Å²) in [7, 11) is 0. The first-order chi connectivity index (χ1) is 9.16. The molecule has 1 heterocycles. The highest BCUT2D eigenvalue weighted by atomic mass is 16.6. The second kappa shape index (κ2) is 5.72. The molecule has 0 unspecified atom stereocenters. The third-order valence-corrected chi connectivity index (χ3v) is 2.51. The van der Waals surface area contributed by atoms with Crippen LogP contribution in [0.1, 0.15) is 12.5 Å². The lowest BCUT2D eigenvalue weighted by atomic mass is 10.2. The summed E-state index contributed by atoms with van der Waals surface area (Å²) in [5.74, 6) is 0. The van der Waals surface area contributed by atoms with E-state index < -0.39 is 4.92 Å². The van der Waals surface area contributed by atoms with E-state index in [1.807, 2.05) is 19.1 Å². The Kier molecular flexibility index (Phi) is 3.82. The highest BCUT2D eigenvalue weighted by molar-refractivity contribution is 5.98. The zero-order chi connectivity index (χ0) is 13.7. The summed E-state index contributed by atoms with van der Waals surface area (Å²) in [6, 6.07) is 9.81. The van der Waals surface area contributed by atoms with Gasteiger partial charge >= 0.3 is 0 Å². The van der Waals surface area contributed by atoms with E-state index >= 15 is 0 Å². The lowest BCUT2D eigenvalue weighted by Gasteiger charge is -2.03. The van der Waals surface area contributed by atoms with Crippen molar-refractivity contribution in [3.8, 4) is 0 Å². The van der Waals surface area contributed by atoms with Gasteiger partial charge in [-0.2, -0.15) is 5.10 Å². The minimum Gasteiger partial charge on any atom is -0.278 e. The Morgan fingerprint density at radius 2 is 2.05 bits per heavy atom. The third kappa shape index (κ3) is 3.35. The number of hydrogen-bond acceptors (Lipinski definition) is 5. The van der Waals surface area contributed by atoms with Gasteiger partial charge in [0.1, 0.15) is 0 Å². The van der Waals surface area contributed by atoms with E-state index in [0.29, 0.717) is 5.69 Å². The molecule has 1 aromatic heterocycles. The number of rotatable bonds is 4. The fraction of sp³-hybridized carbons (Fsp3) is 0.0769. The van der Waals surface area contributed by atoms with Crippen molar-refractivity contribution in [2.75, 3.05) is 5.43 Å². The van der Waals surface area contributed by atoms with Crippen LogP contribution in [0.15, 0.2) is 53.9 Å². The maximum atomic E-state index is 10.5. The van der Waals surface area contributed by atoms with Crippen LogP contribution in [0.2, 0.25) is 0 Å². The predicted molar refractivity (Wildman–Crippen MR) is 73.2 cm³/mol. The summed E-state index contributed by atoms with van der Waals surface area (Å²) in [5, 5.41) is 14.7. The summed E-state index contributed by atoms with van der Waals surface area (Å²) in [6.07, 6.45) is 3.41. The van der Waals surface area contributed by atoms with E-state index in [1.54, 1.807) is 24.5 Å². The Hall–Kier alpha value is -2.76. The van der Waals surface area contributed by atoms with Crippen LogP contribution in [0, 0.1) is 10.1 Å². The molecule has 6 heteroatoms. The van der Waals surface area contributed by atoms with Gasteiger partial charge in [-0.1, -0.05) is 6.07 Å². The molecule has 6 nitrogen and oxygen atoms in total. The molecule has 19 heavy (non-hydrogen) atoms. The zero-order valence-corrected chi connectivity index (χ0v) is 10.3. The molecule has 0 atom stereocenters. The first-order valence-corrected chi connectivity index (χ1v) is 5.62. The molecule has 0 amide bonds. The minimum absolute atomic E-state index is 0.0542. The number of aromatic nitrogens is 1. The first kappa shape index (κ1) is 12.7. The molecule has 0 aliphatic carbocycles. The van der Waals surface area contributed by atoms with Crippen molar-refractivity contribution in [2.45, 2.75) is 6.92 Å². The van der Waals surface area contributed by atoms with Gasteiger partial charge in [0.15, 0.2) is 0 Å². The van der Waals surface area contributed by atoms with Crippen molar-refractivity contribution in [1.29, 1.82) is 0 Å². The average molecular weight is 256 g/mol. The van der Waals surface area contributed by atoms with Crippen LogP contribution in [0.3, 0.4) is 0 Å². The second-order valence-corrected chi connectivity index (χ2v) is 3.85. The van der Waals surface area contributed by atoms with E-state index in [-0.39, 0.29) is 5.69 Å². The Balaban J connectivity index is 2.08. The molecular weight excluding hydrogens is 244 g/mol. The van der Waals surface area contributed by atoms with Crippen molar-refractivity contribution >= 4 is 17.1 Å².